The number of halogens is 4. The van der Waals surface area contributed by atoms with E-state index in [-0.39, 0.29) is 38.4 Å². The molecule has 0 aliphatic carbocycles. The third kappa shape index (κ3) is 5.88. The first-order chi connectivity index (χ1) is 13.5. The summed E-state index contributed by atoms with van der Waals surface area (Å²) < 4.78 is 48.2. The Balaban J connectivity index is 2.27. The van der Waals surface area contributed by atoms with E-state index in [0.29, 0.717) is 0 Å². The number of hydrogen-bond acceptors (Lipinski definition) is 6. The van der Waals surface area contributed by atoms with E-state index >= 15 is 0 Å². The molecule has 154 valence electrons. The van der Waals surface area contributed by atoms with E-state index in [2.05, 4.69) is 11.3 Å². The molecule has 0 aromatic heterocycles. The van der Waals surface area contributed by atoms with Crippen LogP contribution in [0.15, 0.2) is 53.4 Å². The predicted molar refractivity (Wildman–Crippen MR) is 102 cm³/mol. The molecule has 0 spiro atoms. The summed E-state index contributed by atoms with van der Waals surface area (Å²) in [6.07, 6.45) is -4.55. The van der Waals surface area contributed by atoms with Crippen molar-refractivity contribution >= 4 is 35.0 Å². The minimum absolute atomic E-state index is 0.0258. The molecular weight excluding hydrogens is 435 g/mol. The number of carbonyl (C=O) groups is 1. The van der Waals surface area contributed by atoms with Gasteiger partial charge in [-0.15, -0.1) is 11.8 Å². The first-order valence-corrected chi connectivity index (χ1v) is 9.11. The Morgan fingerprint density at radius 3 is 2.52 bits per heavy atom. The molecule has 0 atom stereocenters. The fourth-order valence-electron chi connectivity index (χ4n) is 2.08. The highest BCUT2D eigenvalue weighted by Crippen LogP contribution is 2.39. The third-order valence-corrected chi connectivity index (χ3v) is 4.92. The maximum absolute atomic E-state index is 12.7. The monoisotopic (exact) mass is 447 g/mol. The minimum Gasteiger partial charge on any atom is -0.466 e. The zero-order valence-corrected chi connectivity index (χ0v) is 16.4. The molecule has 0 aliphatic heterocycles. The summed E-state index contributed by atoms with van der Waals surface area (Å²) in [6, 6.07) is 6.36. The molecule has 0 unspecified atom stereocenters. The van der Waals surface area contributed by atoms with E-state index in [1.165, 1.54) is 25.3 Å². The standard InChI is InChI=1S/C18H13ClF3NO5S/c1-10(17(24)27-2)9-29-16-8-12(4-5-14(16)23(25)26)28-15-6-3-11(7-13(15)19)18(20,21)22/h3-8H,1,9H2,2H3. The Hall–Kier alpha value is -2.72. The summed E-state index contributed by atoms with van der Waals surface area (Å²) in [5.74, 6) is -0.561. The fraction of sp³-hybridized carbons (Fsp3) is 0.167. The van der Waals surface area contributed by atoms with E-state index in [0.717, 1.165) is 30.0 Å². The highest BCUT2D eigenvalue weighted by Gasteiger charge is 2.31. The molecule has 0 amide bonds. The Morgan fingerprint density at radius 1 is 1.28 bits per heavy atom. The van der Waals surface area contributed by atoms with Crippen molar-refractivity contribution in [2.24, 2.45) is 0 Å². The lowest BCUT2D eigenvalue weighted by molar-refractivity contribution is -0.387. The maximum atomic E-state index is 12.7. The Bertz CT molecular complexity index is 965. The first kappa shape index (κ1) is 22.6. The number of nitro groups is 1. The van der Waals surface area contributed by atoms with Crippen LogP contribution >= 0.6 is 23.4 Å². The van der Waals surface area contributed by atoms with E-state index in [9.17, 15) is 28.1 Å². The summed E-state index contributed by atoms with van der Waals surface area (Å²) in [4.78, 5) is 22.2. The second kappa shape index (κ2) is 9.19. The summed E-state index contributed by atoms with van der Waals surface area (Å²) in [5, 5.41) is 10.9. The van der Waals surface area contributed by atoms with E-state index < -0.39 is 22.6 Å². The number of ether oxygens (including phenoxy) is 2. The SMILES string of the molecule is C=C(CSc1cc(Oc2ccc(C(F)(F)F)cc2Cl)ccc1[N+](=O)[O-])C(=O)OC. The largest absolute Gasteiger partial charge is 0.466 e. The minimum atomic E-state index is -4.55. The second-order valence-electron chi connectivity index (χ2n) is 5.52. The summed E-state index contributed by atoms with van der Waals surface area (Å²) in [7, 11) is 1.18. The van der Waals surface area contributed by atoms with Crippen molar-refractivity contribution in [2.75, 3.05) is 12.9 Å². The van der Waals surface area contributed by atoms with Crippen molar-refractivity contribution in [2.45, 2.75) is 11.1 Å². The van der Waals surface area contributed by atoms with Crippen LogP contribution in [-0.4, -0.2) is 23.8 Å². The van der Waals surface area contributed by atoms with Gasteiger partial charge in [0.15, 0.2) is 0 Å². The van der Waals surface area contributed by atoms with E-state index in [1.54, 1.807) is 0 Å². The van der Waals surface area contributed by atoms with Gasteiger partial charge in [-0.25, -0.2) is 4.79 Å². The molecule has 29 heavy (non-hydrogen) atoms. The number of thioether (sulfide) groups is 1. The number of hydrogen-bond donors (Lipinski definition) is 0. The lowest BCUT2D eigenvalue weighted by Crippen LogP contribution is -2.05. The van der Waals surface area contributed by atoms with Crippen LogP contribution in [0, 0.1) is 10.1 Å². The van der Waals surface area contributed by atoms with Crippen LogP contribution in [0.1, 0.15) is 5.56 Å². The first-order valence-electron chi connectivity index (χ1n) is 7.75. The van der Waals surface area contributed by atoms with Crippen molar-refractivity contribution in [1.29, 1.82) is 0 Å². The summed E-state index contributed by atoms with van der Waals surface area (Å²) in [5.41, 5.74) is -1.07. The van der Waals surface area contributed by atoms with Crippen LogP contribution in [0.5, 0.6) is 11.5 Å². The molecule has 2 aromatic carbocycles. The van der Waals surface area contributed by atoms with E-state index in [4.69, 9.17) is 16.3 Å². The zero-order chi connectivity index (χ0) is 21.8. The van der Waals surface area contributed by atoms with Gasteiger partial charge in [0, 0.05) is 23.5 Å². The number of carbonyl (C=O) groups excluding carboxylic acids is 1. The van der Waals surface area contributed by atoms with Gasteiger partial charge in [-0.2, -0.15) is 13.2 Å². The molecular formula is C18H13ClF3NO5S. The summed E-state index contributed by atoms with van der Waals surface area (Å²) in [6.45, 7) is 3.54. The Kier molecular flexibility index (Phi) is 7.15. The molecule has 0 saturated carbocycles. The number of alkyl halides is 3. The third-order valence-electron chi connectivity index (χ3n) is 3.49. The van der Waals surface area contributed by atoms with Gasteiger partial charge < -0.3 is 9.47 Å². The van der Waals surface area contributed by atoms with Gasteiger partial charge in [0.25, 0.3) is 5.69 Å². The number of benzene rings is 2. The van der Waals surface area contributed by atoms with Crippen molar-refractivity contribution in [3.8, 4) is 11.5 Å². The highest BCUT2D eigenvalue weighted by molar-refractivity contribution is 7.99. The van der Waals surface area contributed by atoms with Crippen LogP contribution in [0.4, 0.5) is 18.9 Å². The van der Waals surface area contributed by atoms with Crippen LogP contribution in [-0.2, 0) is 15.7 Å². The number of rotatable bonds is 7. The highest BCUT2D eigenvalue weighted by atomic mass is 35.5. The number of methoxy groups -OCH3 is 1. The second-order valence-corrected chi connectivity index (χ2v) is 6.94. The smallest absolute Gasteiger partial charge is 0.416 e. The molecule has 2 aromatic rings. The van der Waals surface area contributed by atoms with Gasteiger partial charge in [0.2, 0.25) is 0 Å². The normalized spacial score (nSPS) is 11.1. The molecule has 0 bridgehead atoms. The van der Waals surface area contributed by atoms with E-state index in [1.807, 2.05) is 0 Å². The van der Waals surface area contributed by atoms with Crippen LogP contribution in [0.25, 0.3) is 0 Å². The molecule has 0 fully saturated rings. The van der Waals surface area contributed by atoms with Gasteiger partial charge >= 0.3 is 12.1 Å². The maximum Gasteiger partial charge on any atom is 0.416 e. The predicted octanol–water partition coefficient (Wildman–Crippen LogP) is 5.88. The van der Waals surface area contributed by atoms with Gasteiger partial charge in [-0.3, -0.25) is 10.1 Å². The van der Waals surface area contributed by atoms with Crippen molar-refractivity contribution < 1.29 is 32.4 Å². The van der Waals surface area contributed by atoms with Crippen molar-refractivity contribution in [3.63, 3.8) is 0 Å². The zero-order valence-electron chi connectivity index (χ0n) is 14.8. The van der Waals surface area contributed by atoms with Crippen LogP contribution in [0.2, 0.25) is 5.02 Å². The van der Waals surface area contributed by atoms with Crippen LogP contribution < -0.4 is 4.74 Å². The van der Waals surface area contributed by atoms with Crippen molar-refractivity contribution in [3.05, 3.63) is 69.3 Å². The summed E-state index contributed by atoms with van der Waals surface area (Å²) >= 11 is 6.82. The molecule has 11 heteroatoms. The molecule has 6 nitrogen and oxygen atoms in total. The quantitative estimate of drug-likeness (QED) is 0.173. The van der Waals surface area contributed by atoms with Crippen LogP contribution in [0.3, 0.4) is 0 Å². The Morgan fingerprint density at radius 2 is 1.97 bits per heavy atom. The lowest BCUT2D eigenvalue weighted by Gasteiger charge is -2.12. The number of nitrogens with zero attached hydrogens (tertiary/aromatic N) is 1. The molecule has 0 aliphatic rings. The topological polar surface area (TPSA) is 78.7 Å². The molecule has 0 heterocycles. The van der Waals surface area contributed by atoms with Gasteiger partial charge in [-0.1, -0.05) is 18.2 Å². The lowest BCUT2D eigenvalue weighted by atomic mass is 10.2. The molecule has 0 N–H and O–H groups in total. The fourth-order valence-corrected chi connectivity index (χ4v) is 3.24. The van der Waals surface area contributed by atoms with Gasteiger partial charge in [0.05, 0.1) is 27.5 Å². The number of nitro benzene ring substituents is 1. The average Bonchev–Trinajstić information content (AvgIpc) is 2.66. The average molecular weight is 448 g/mol. The molecule has 2 rings (SSSR count). The molecule has 0 saturated heterocycles. The van der Waals surface area contributed by atoms with Gasteiger partial charge in [0.1, 0.15) is 11.5 Å². The van der Waals surface area contributed by atoms with Gasteiger partial charge in [-0.05, 0) is 24.3 Å². The van der Waals surface area contributed by atoms with Crippen molar-refractivity contribution in [1.82, 2.24) is 0 Å². The molecule has 0 radical (unpaired) electrons. The number of esters is 1. The Labute approximate surface area is 172 Å².